The highest BCUT2D eigenvalue weighted by molar-refractivity contribution is 5.02. The van der Waals surface area contributed by atoms with E-state index in [0.717, 1.165) is 5.57 Å². The molecule has 0 aliphatic carbocycles. The minimum absolute atomic E-state index is 0.0916. The zero-order chi connectivity index (χ0) is 18.3. The normalized spacial score (nSPS) is 34.0. The van der Waals surface area contributed by atoms with E-state index in [9.17, 15) is 20.4 Å². The first-order valence-corrected chi connectivity index (χ1v) is 7.82. The van der Waals surface area contributed by atoms with Gasteiger partial charge in [0.25, 0.3) is 0 Å². The monoisotopic (exact) mass is 348 g/mol. The summed E-state index contributed by atoms with van der Waals surface area (Å²) in [5, 5.41) is 57.2. The highest BCUT2D eigenvalue weighted by Crippen LogP contribution is 2.22. The average Bonchev–Trinajstić information content (AvgIpc) is 2.59. The van der Waals surface area contributed by atoms with Crippen molar-refractivity contribution in [2.75, 3.05) is 19.8 Å². The Balaban J connectivity index is 2.49. The Morgan fingerprint density at radius 1 is 1.21 bits per heavy atom. The van der Waals surface area contributed by atoms with E-state index in [1.54, 1.807) is 13.0 Å². The first-order valence-electron chi connectivity index (χ1n) is 7.82. The second-order valence-electron chi connectivity index (χ2n) is 6.06. The molecular weight excluding hydrogens is 320 g/mol. The van der Waals surface area contributed by atoms with Crippen molar-refractivity contribution in [2.24, 2.45) is 0 Å². The number of aliphatic hydroxyl groups excluding tert-OH is 5. The molecule has 6 unspecified atom stereocenters. The van der Waals surface area contributed by atoms with Gasteiger partial charge in [0.1, 0.15) is 30.0 Å². The van der Waals surface area contributed by atoms with Gasteiger partial charge >= 0.3 is 0 Å². The molecule has 0 bridgehead atoms. The summed E-state index contributed by atoms with van der Waals surface area (Å²) in [6.45, 7) is 4.41. The van der Waals surface area contributed by atoms with Crippen LogP contribution in [-0.2, 0) is 9.47 Å². The third-order valence-electron chi connectivity index (χ3n) is 4.05. The molecule has 140 valence electrons. The number of hydrogen-bond acceptors (Lipinski definition) is 8. The lowest BCUT2D eigenvalue weighted by Crippen LogP contribution is -2.59. The lowest BCUT2D eigenvalue weighted by Gasteiger charge is -2.39. The van der Waals surface area contributed by atoms with Crippen molar-refractivity contribution in [3.05, 3.63) is 24.3 Å². The Kier molecular flexibility index (Phi) is 8.48. The third kappa shape index (κ3) is 5.61. The van der Waals surface area contributed by atoms with Gasteiger partial charge in [0, 0.05) is 0 Å². The van der Waals surface area contributed by atoms with E-state index in [0.29, 0.717) is 12.8 Å². The maximum Gasteiger partial charge on any atom is 0.187 e. The highest BCUT2D eigenvalue weighted by atomic mass is 16.7. The molecule has 1 heterocycles. The summed E-state index contributed by atoms with van der Waals surface area (Å²) in [6.07, 6.45) is -2.65. The van der Waals surface area contributed by atoms with E-state index < -0.39 is 49.5 Å². The molecule has 6 N–H and O–H groups in total. The highest BCUT2D eigenvalue weighted by Gasteiger charge is 2.43. The van der Waals surface area contributed by atoms with Crippen LogP contribution in [-0.4, -0.2) is 86.8 Å². The van der Waals surface area contributed by atoms with E-state index in [2.05, 4.69) is 6.58 Å². The van der Waals surface area contributed by atoms with Crippen molar-refractivity contribution in [3.8, 4) is 0 Å². The summed E-state index contributed by atoms with van der Waals surface area (Å²) in [4.78, 5) is 0. The van der Waals surface area contributed by atoms with E-state index in [-0.39, 0.29) is 6.61 Å². The molecule has 8 heteroatoms. The maximum atomic E-state index is 9.86. The molecule has 0 aromatic carbocycles. The Hall–Kier alpha value is -0.840. The topological polar surface area (TPSA) is 140 Å². The van der Waals surface area contributed by atoms with Gasteiger partial charge < -0.3 is 40.1 Å². The smallest absolute Gasteiger partial charge is 0.187 e. The zero-order valence-electron chi connectivity index (χ0n) is 13.8. The summed E-state index contributed by atoms with van der Waals surface area (Å²) in [7, 11) is 0. The number of aliphatic hydroxyl groups is 6. The Morgan fingerprint density at radius 2 is 1.88 bits per heavy atom. The van der Waals surface area contributed by atoms with Gasteiger partial charge in [0.15, 0.2) is 6.29 Å². The number of allylic oxidation sites excluding steroid dienone is 1. The Bertz CT molecular complexity index is 424. The zero-order valence-corrected chi connectivity index (χ0v) is 13.8. The van der Waals surface area contributed by atoms with Gasteiger partial charge in [0.2, 0.25) is 0 Å². The molecule has 0 aromatic rings. The molecular formula is C16H28O8. The van der Waals surface area contributed by atoms with Gasteiger partial charge in [-0.2, -0.15) is 0 Å². The van der Waals surface area contributed by atoms with Crippen molar-refractivity contribution in [2.45, 2.75) is 56.1 Å². The summed E-state index contributed by atoms with van der Waals surface area (Å²) in [5.41, 5.74) is -0.536. The van der Waals surface area contributed by atoms with Crippen LogP contribution in [0.4, 0.5) is 0 Å². The van der Waals surface area contributed by atoms with Gasteiger partial charge in [-0.1, -0.05) is 17.7 Å². The fourth-order valence-corrected chi connectivity index (χ4v) is 2.29. The predicted molar refractivity (Wildman–Crippen MR) is 84.9 cm³/mol. The van der Waals surface area contributed by atoms with Crippen LogP contribution in [0, 0.1) is 0 Å². The molecule has 0 radical (unpaired) electrons. The molecule has 1 saturated heterocycles. The third-order valence-corrected chi connectivity index (χ3v) is 4.05. The molecule has 0 amide bonds. The van der Waals surface area contributed by atoms with Crippen molar-refractivity contribution in [3.63, 3.8) is 0 Å². The van der Waals surface area contributed by atoms with E-state index in [1.165, 1.54) is 6.08 Å². The largest absolute Gasteiger partial charge is 0.394 e. The van der Waals surface area contributed by atoms with Gasteiger partial charge in [-0.05, 0) is 19.8 Å². The maximum absolute atomic E-state index is 9.86. The van der Waals surface area contributed by atoms with Gasteiger partial charge in [-0.25, -0.2) is 0 Å². The summed E-state index contributed by atoms with van der Waals surface area (Å²) < 4.78 is 10.6. The van der Waals surface area contributed by atoms with E-state index in [4.69, 9.17) is 19.7 Å². The number of rotatable bonds is 9. The van der Waals surface area contributed by atoms with Crippen molar-refractivity contribution < 1.29 is 40.1 Å². The number of ether oxygens (including phenoxy) is 2. The minimum Gasteiger partial charge on any atom is -0.394 e. The lowest BCUT2D eigenvalue weighted by molar-refractivity contribution is -0.299. The first kappa shape index (κ1) is 21.2. The standard InChI is InChI=1S/C16H28O8/c1-3-16(22,9-18)6-4-5-10(2)8-23-15-14(21)13(20)12(19)11(7-17)24-15/h3,5,11-15,17-22H,1,4,6-9H2,2H3. The molecule has 0 spiro atoms. The van der Waals surface area contributed by atoms with Crippen LogP contribution in [0.2, 0.25) is 0 Å². The predicted octanol–water partition coefficient (Wildman–Crippen LogP) is -1.56. The number of hydrogen-bond donors (Lipinski definition) is 6. The van der Waals surface area contributed by atoms with Crippen molar-refractivity contribution in [1.29, 1.82) is 0 Å². The molecule has 1 aliphatic rings. The van der Waals surface area contributed by atoms with Gasteiger partial charge in [-0.15, -0.1) is 6.58 Å². The van der Waals surface area contributed by atoms with Crippen LogP contribution < -0.4 is 0 Å². The van der Waals surface area contributed by atoms with Crippen LogP contribution in [0.3, 0.4) is 0 Å². The summed E-state index contributed by atoms with van der Waals surface area (Å²) in [5.74, 6) is 0. The molecule has 0 aromatic heterocycles. The van der Waals surface area contributed by atoms with E-state index in [1.807, 2.05) is 0 Å². The molecule has 1 rings (SSSR count). The summed E-state index contributed by atoms with van der Waals surface area (Å²) >= 11 is 0. The molecule has 1 aliphatic heterocycles. The van der Waals surface area contributed by atoms with E-state index >= 15 is 0 Å². The first-order chi connectivity index (χ1) is 11.3. The molecule has 6 atom stereocenters. The molecule has 1 fully saturated rings. The fraction of sp³-hybridized carbons (Fsp3) is 0.750. The van der Waals surface area contributed by atoms with Crippen LogP contribution in [0.1, 0.15) is 19.8 Å². The molecule has 24 heavy (non-hydrogen) atoms. The van der Waals surface area contributed by atoms with Crippen LogP contribution >= 0.6 is 0 Å². The Labute approximate surface area is 141 Å². The molecule has 0 saturated carbocycles. The van der Waals surface area contributed by atoms with Crippen molar-refractivity contribution in [1.82, 2.24) is 0 Å². The molecule has 8 nitrogen and oxygen atoms in total. The van der Waals surface area contributed by atoms with Crippen LogP contribution in [0.5, 0.6) is 0 Å². The Morgan fingerprint density at radius 3 is 2.42 bits per heavy atom. The SMILES string of the molecule is C=CC(O)(CO)CCC=C(C)COC1OC(CO)C(O)C(O)C1O. The second-order valence-corrected chi connectivity index (χ2v) is 6.06. The average molecular weight is 348 g/mol. The van der Waals surface area contributed by atoms with Gasteiger partial charge in [0.05, 0.1) is 19.8 Å². The fourth-order valence-electron chi connectivity index (χ4n) is 2.29. The van der Waals surface area contributed by atoms with Crippen molar-refractivity contribution >= 4 is 0 Å². The second kappa shape index (κ2) is 9.59. The van der Waals surface area contributed by atoms with Crippen LogP contribution in [0.25, 0.3) is 0 Å². The van der Waals surface area contributed by atoms with Crippen LogP contribution in [0.15, 0.2) is 24.3 Å². The minimum atomic E-state index is -1.47. The lowest BCUT2D eigenvalue weighted by atomic mass is 9.98. The van der Waals surface area contributed by atoms with Gasteiger partial charge in [-0.3, -0.25) is 0 Å². The quantitative estimate of drug-likeness (QED) is 0.275. The summed E-state index contributed by atoms with van der Waals surface area (Å²) in [6, 6.07) is 0.